The summed E-state index contributed by atoms with van der Waals surface area (Å²) in [5.74, 6) is 0.955. The molecule has 3 nitrogen and oxygen atoms in total. The van der Waals surface area contributed by atoms with Crippen LogP contribution in [0.25, 0.3) is 0 Å². The molecule has 3 heteroatoms. The highest BCUT2D eigenvalue weighted by Crippen LogP contribution is 2.28. The van der Waals surface area contributed by atoms with Crippen LogP contribution in [0.5, 0.6) is 5.75 Å². The zero-order chi connectivity index (χ0) is 9.10. The van der Waals surface area contributed by atoms with Crippen LogP contribution in [0.2, 0.25) is 0 Å². The van der Waals surface area contributed by atoms with Crippen LogP contribution in [0.1, 0.15) is 17.7 Å². The van der Waals surface area contributed by atoms with E-state index in [-0.39, 0.29) is 6.61 Å². The quantitative estimate of drug-likeness (QED) is 0.751. The van der Waals surface area contributed by atoms with Crippen LogP contribution in [0.15, 0.2) is 12.3 Å². The Balaban J connectivity index is 2.20. The Morgan fingerprint density at radius 3 is 3.31 bits per heavy atom. The minimum absolute atomic E-state index is 0.214. The van der Waals surface area contributed by atoms with E-state index in [1.807, 2.05) is 12.3 Å². The van der Waals surface area contributed by atoms with Crippen molar-refractivity contribution in [2.24, 2.45) is 0 Å². The molecule has 1 aromatic heterocycles. The largest absolute Gasteiger partial charge is 0.491 e. The predicted molar refractivity (Wildman–Crippen MR) is 48.8 cm³/mol. The summed E-state index contributed by atoms with van der Waals surface area (Å²) in [6.45, 7) is 0.985. The Hall–Kier alpha value is -1.09. The lowest BCUT2D eigenvalue weighted by atomic mass is 10.1. The first-order valence-corrected chi connectivity index (χ1v) is 4.62. The van der Waals surface area contributed by atoms with Gasteiger partial charge in [0.25, 0.3) is 0 Å². The maximum Gasteiger partial charge on any atom is 0.144 e. The molecule has 2 rings (SSSR count). The van der Waals surface area contributed by atoms with Crippen molar-refractivity contribution in [3.63, 3.8) is 0 Å². The monoisotopic (exact) mass is 179 g/mol. The van der Waals surface area contributed by atoms with Crippen molar-refractivity contribution in [2.75, 3.05) is 13.2 Å². The zero-order valence-electron chi connectivity index (χ0n) is 7.49. The molecule has 0 bridgehead atoms. The highest BCUT2D eigenvalue weighted by atomic mass is 16.5. The zero-order valence-corrected chi connectivity index (χ0v) is 7.49. The van der Waals surface area contributed by atoms with Crippen LogP contribution in [-0.4, -0.2) is 23.3 Å². The lowest BCUT2D eigenvalue weighted by Gasteiger charge is -2.05. The Morgan fingerprint density at radius 2 is 2.46 bits per heavy atom. The topological polar surface area (TPSA) is 42.4 Å². The van der Waals surface area contributed by atoms with Gasteiger partial charge in [-0.1, -0.05) is 0 Å². The first kappa shape index (κ1) is 8.51. The van der Waals surface area contributed by atoms with Gasteiger partial charge in [-0.3, -0.25) is 4.98 Å². The van der Waals surface area contributed by atoms with Gasteiger partial charge in [-0.25, -0.2) is 0 Å². The molecule has 0 aliphatic carbocycles. The van der Waals surface area contributed by atoms with Gasteiger partial charge >= 0.3 is 0 Å². The SMILES string of the molecule is OCCCc1nccc2c1OCC2. The van der Waals surface area contributed by atoms with Crippen molar-refractivity contribution in [2.45, 2.75) is 19.3 Å². The van der Waals surface area contributed by atoms with Gasteiger partial charge in [-0.2, -0.15) is 0 Å². The Morgan fingerprint density at radius 1 is 1.54 bits per heavy atom. The highest BCUT2D eigenvalue weighted by Gasteiger charge is 2.16. The molecule has 1 N–H and O–H groups in total. The molecule has 0 radical (unpaired) electrons. The fourth-order valence-electron chi connectivity index (χ4n) is 1.60. The van der Waals surface area contributed by atoms with Crippen molar-refractivity contribution < 1.29 is 9.84 Å². The van der Waals surface area contributed by atoms with E-state index in [1.54, 1.807) is 0 Å². The van der Waals surface area contributed by atoms with E-state index in [0.29, 0.717) is 0 Å². The predicted octanol–water partition coefficient (Wildman–Crippen LogP) is 0.941. The standard InChI is InChI=1S/C10H13NO2/c12-6-1-2-9-10-8(3-5-11-9)4-7-13-10/h3,5,12H,1-2,4,6-7H2. The minimum atomic E-state index is 0.214. The molecule has 0 spiro atoms. The maximum absolute atomic E-state index is 8.71. The first-order valence-electron chi connectivity index (χ1n) is 4.62. The Kier molecular flexibility index (Phi) is 2.45. The molecule has 0 aromatic carbocycles. The average Bonchev–Trinajstić information content (AvgIpc) is 2.62. The molecule has 2 heterocycles. The van der Waals surface area contributed by atoms with Crippen LogP contribution in [0, 0.1) is 0 Å². The van der Waals surface area contributed by atoms with Gasteiger partial charge in [-0.05, 0) is 18.9 Å². The average molecular weight is 179 g/mol. The number of nitrogens with zero attached hydrogens (tertiary/aromatic N) is 1. The molecule has 70 valence electrons. The molecule has 0 saturated heterocycles. The smallest absolute Gasteiger partial charge is 0.144 e. The molecule has 0 unspecified atom stereocenters. The number of pyridine rings is 1. The first-order chi connectivity index (χ1) is 6.42. The van der Waals surface area contributed by atoms with Gasteiger partial charge in [0.15, 0.2) is 0 Å². The summed E-state index contributed by atoms with van der Waals surface area (Å²) in [6, 6.07) is 2.00. The van der Waals surface area contributed by atoms with E-state index in [4.69, 9.17) is 9.84 Å². The van der Waals surface area contributed by atoms with Crippen LogP contribution in [-0.2, 0) is 12.8 Å². The molecular weight excluding hydrogens is 166 g/mol. The number of rotatable bonds is 3. The molecule has 0 atom stereocenters. The van der Waals surface area contributed by atoms with E-state index in [1.165, 1.54) is 5.56 Å². The second-order valence-corrected chi connectivity index (χ2v) is 3.17. The Labute approximate surface area is 77.4 Å². The second-order valence-electron chi connectivity index (χ2n) is 3.17. The molecule has 0 fully saturated rings. The third-order valence-electron chi connectivity index (χ3n) is 2.25. The summed E-state index contributed by atoms with van der Waals surface area (Å²) in [7, 11) is 0. The summed E-state index contributed by atoms with van der Waals surface area (Å²) >= 11 is 0. The van der Waals surface area contributed by atoms with Crippen LogP contribution in [0.4, 0.5) is 0 Å². The van der Waals surface area contributed by atoms with Gasteiger partial charge in [0.1, 0.15) is 5.75 Å². The van der Waals surface area contributed by atoms with Gasteiger partial charge in [-0.15, -0.1) is 0 Å². The van der Waals surface area contributed by atoms with E-state index < -0.39 is 0 Å². The fraction of sp³-hybridized carbons (Fsp3) is 0.500. The minimum Gasteiger partial charge on any atom is -0.491 e. The molecule has 13 heavy (non-hydrogen) atoms. The number of aliphatic hydroxyl groups excluding tert-OH is 1. The second kappa shape index (κ2) is 3.75. The van der Waals surface area contributed by atoms with Gasteiger partial charge < -0.3 is 9.84 Å². The molecule has 1 aromatic rings. The summed E-state index contributed by atoms with van der Waals surface area (Å²) in [6.07, 6.45) is 4.37. The number of aliphatic hydroxyl groups is 1. The summed E-state index contributed by atoms with van der Waals surface area (Å²) in [4.78, 5) is 4.25. The number of hydrogen-bond donors (Lipinski definition) is 1. The van der Waals surface area contributed by atoms with Crippen LogP contribution in [0.3, 0.4) is 0 Å². The molecule has 1 aliphatic rings. The van der Waals surface area contributed by atoms with Crippen molar-refractivity contribution in [3.8, 4) is 5.75 Å². The van der Waals surface area contributed by atoms with Gasteiger partial charge in [0, 0.05) is 24.8 Å². The summed E-state index contributed by atoms with van der Waals surface area (Å²) in [5, 5.41) is 8.71. The number of hydrogen-bond acceptors (Lipinski definition) is 3. The van der Waals surface area contributed by atoms with E-state index in [9.17, 15) is 0 Å². The molecular formula is C10H13NO2. The number of aryl methyl sites for hydroxylation is 1. The van der Waals surface area contributed by atoms with Crippen molar-refractivity contribution >= 4 is 0 Å². The van der Waals surface area contributed by atoms with Crippen molar-refractivity contribution in [1.82, 2.24) is 4.98 Å². The van der Waals surface area contributed by atoms with Crippen LogP contribution >= 0.6 is 0 Å². The van der Waals surface area contributed by atoms with E-state index >= 15 is 0 Å². The van der Waals surface area contributed by atoms with E-state index in [0.717, 1.165) is 37.3 Å². The molecule has 0 amide bonds. The normalized spacial score (nSPS) is 13.9. The maximum atomic E-state index is 8.71. The van der Waals surface area contributed by atoms with Gasteiger partial charge in [0.05, 0.1) is 12.3 Å². The highest BCUT2D eigenvalue weighted by molar-refractivity contribution is 5.39. The third-order valence-corrected chi connectivity index (χ3v) is 2.25. The summed E-state index contributed by atoms with van der Waals surface area (Å²) in [5.41, 5.74) is 2.24. The summed E-state index contributed by atoms with van der Waals surface area (Å²) < 4.78 is 5.48. The Bertz CT molecular complexity index is 299. The fourth-order valence-corrected chi connectivity index (χ4v) is 1.60. The number of fused-ring (bicyclic) bond motifs is 1. The lowest BCUT2D eigenvalue weighted by molar-refractivity contribution is 0.286. The van der Waals surface area contributed by atoms with Crippen LogP contribution < -0.4 is 4.74 Å². The third kappa shape index (κ3) is 1.65. The number of aromatic nitrogens is 1. The van der Waals surface area contributed by atoms with E-state index in [2.05, 4.69) is 4.98 Å². The van der Waals surface area contributed by atoms with Crippen molar-refractivity contribution in [1.29, 1.82) is 0 Å². The molecule has 1 aliphatic heterocycles. The molecule has 0 saturated carbocycles. The number of ether oxygens (including phenoxy) is 1. The van der Waals surface area contributed by atoms with Gasteiger partial charge in [0.2, 0.25) is 0 Å². The lowest BCUT2D eigenvalue weighted by Crippen LogP contribution is -1.96. The van der Waals surface area contributed by atoms with Crippen molar-refractivity contribution in [3.05, 3.63) is 23.5 Å².